The summed E-state index contributed by atoms with van der Waals surface area (Å²) in [5, 5.41) is 0. The zero-order valence-corrected chi connectivity index (χ0v) is 16.4. The molecule has 0 saturated heterocycles. The highest BCUT2D eigenvalue weighted by Crippen LogP contribution is 2.11. The number of aromatic nitrogens is 1. The first-order valence-corrected chi connectivity index (χ1v) is 9.43. The fourth-order valence-electron chi connectivity index (χ4n) is 2.66. The van der Waals surface area contributed by atoms with E-state index in [0.29, 0.717) is 25.3 Å². The van der Waals surface area contributed by atoms with Gasteiger partial charge in [-0.25, -0.2) is 0 Å². The molecule has 1 aromatic heterocycles. The second kappa shape index (κ2) is 9.95. The number of hydrogen-bond acceptors (Lipinski definition) is 4. The molecule has 146 valence electrons. The minimum Gasteiger partial charge on any atom is -0.483 e. The van der Waals surface area contributed by atoms with Gasteiger partial charge in [0, 0.05) is 19.2 Å². The van der Waals surface area contributed by atoms with Crippen molar-refractivity contribution in [3.05, 3.63) is 64.6 Å². The molecule has 0 aliphatic rings. The third-order valence-electron chi connectivity index (χ3n) is 3.92. The Morgan fingerprint density at radius 1 is 1.00 bits per heavy atom. The van der Waals surface area contributed by atoms with Crippen LogP contribution < -0.4 is 10.3 Å². The maximum absolute atomic E-state index is 12.5. The zero-order valence-electron chi connectivity index (χ0n) is 16.4. The SMILES string of the molecule is CC(C)(C)OC(=O)CCCCCn1cccc(OCc2ccccc2)c1=O. The molecule has 0 bridgehead atoms. The lowest BCUT2D eigenvalue weighted by Crippen LogP contribution is -2.23. The number of esters is 1. The maximum Gasteiger partial charge on any atom is 0.306 e. The molecule has 5 nitrogen and oxygen atoms in total. The number of nitrogens with zero attached hydrogens (tertiary/aromatic N) is 1. The van der Waals surface area contributed by atoms with Crippen LogP contribution in [0.3, 0.4) is 0 Å². The van der Waals surface area contributed by atoms with E-state index in [-0.39, 0.29) is 11.5 Å². The van der Waals surface area contributed by atoms with E-state index in [1.54, 1.807) is 16.8 Å². The van der Waals surface area contributed by atoms with Crippen LogP contribution in [0.5, 0.6) is 5.75 Å². The number of pyridine rings is 1. The van der Waals surface area contributed by atoms with Crippen LogP contribution in [0.1, 0.15) is 52.0 Å². The van der Waals surface area contributed by atoms with E-state index in [2.05, 4.69) is 0 Å². The van der Waals surface area contributed by atoms with E-state index in [1.165, 1.54) is 0 Å². The lowest BCUT2D eigenvalue weighted by molar-refractivity contribution is -0.154. The third-order valence-corrected chi connectivity index (χ3v) is 3.92. The molecule has 5 heteroatoms. The van der Waals surface area contributed by atoms with Gasteiger partial charge in [0.25, 0.3) is 5.56 Å². The summed E-state index contributed by atoms with van der Waals surface area (Å²) in [6.07, 6.45) is 4.62. The van der Waals surface area contributed by atoms with Crippen LogP contribution in [-0.2, 0) is 22.7 Å². The highest BCUT2D eigenvalue weighted by Gasteiger charge is 2.15. The Kier molecular flexibility index (Phi) is 7.65. The van der Waals surface area contributed by atoms with Crippen LogP contribution in [0.25, 0.3) is 0 Å². The van der Waals surface area contributed by atoms with Crippen molar-refractivity contribution in [1.82, 2.24) is 4.57 Å². The Hall–Kier alpha value is -2.56. The van der Waals surface area contributed by atoms with Crippen molar-refractivity contribution in [2.75, 3.05) is 0 Å². The maximum atomic E-state index is 12.5. The van der Waals surface area contributed by atoms with Gasteiger partial charge in [-0.05, 0) is 51.3 Å². The second-order valence-electron chi connectivity index (χ2n) is 7.54. The monoisotopic (exact) mass is 371 g/mol. The average molecular weight is 371 g/mol. The van der Waals surface area contributed by atoms with E-state index in [9.17, 15) is 9.59 Å². The number of unbranched alkanes of at least 4 members (excludes halogenated alkanes) is 2. The van der Waals surface area contributed by atoms with Gasteiger partial charge < -0.3 is 14.0 Å². The Bertz CT molecular complexity index is 775. The summed E-state index contributed by atoms with van der Waals surface area (Å²) in [6, 6.07) is 13.3. The zero-order chi connectivity index (χ0) is 19.7. The number of carbonyl (C=O) groups is 1. The number of aryl methyl sites for hydroxylation is 1. The first-order valence-electron chi connectivity index (χ1n) is 9.43. The summed E-state index contributed by atoms with van der Waals surface area (Å²) in [5.74, 6) is 0.186. The van der Waals surface area contributed by atoms with Crippen molar-refractivity contribution in [3.63, 3.8) is 0 Å². The molecule has 0 atom stereocenters. The number of benzene rings is 1. The van der Waals surface area contributed by atoms with E-state index in [1.807, 2.05) is 57.2 Å². The Balaban J connectivity index is 1.77. The lowest BCUT2D eigenvalue weighted by Gasteiger charge is -2.19. The number of rotatable bonds is 9. The largest absolute Gasteiger partial charge is 0.483 e. The molecule has 0 aliphatic heterocycles. The van der Waals surface area contributed by atoms with Crippen LogP contribution >= 0.6 is 0 Å². The first kappa shape index (κ1) is 20.7. The van der Waals surface area contributed by atoms with Crippen molar-refractivity contribution >= 4 is 5.97 Å². The van der Waals surface area contributed by atoms with Gasteiger partial charge in [0.15, 0.2) is 5.75 Å². The number of ether oxygens (including phenoxy) is 2. The van der Waals surface area contributed by atoms with Gasteiger partial charge in [-0.15, -0.1) is 0 Å². The van der Waals surface area contributed by atoms with Gasteiger partial charge in [0.05, 0.1) is 0 Å². The predicted octanol–water partition coefficient (Wildman–Crippen LogP) is 4.33. The molecule has 0 fully saturated rings. The molecule has 0 amide bonds. The normalized spacial score (nSPS) is 11.2. The van der Waals surface area contributed by atoms with E-state index in [4.69, 9.17) is 9.47 Å². The van der Waals surface area contributed by atoms with E-state index < -0.39 is 5.60 Å². The molecule has 2 aromatic rings. The van der Waals surface area contributed by atoms with Crippen LogP contribution in [-0.4, -0.2) is 16.1 Å². The second-order valence-corrected chi connectivity index (χ2v) is 7.54. The molecule has 1 aromatic carbocycles. The summed E-state index contributed by atoms with van der Waals surface area (Å²) in [7, 11) is 0. The minimum atomic E-state index is -0.440. The average Bonchev–Trinajstić information content (AvgIpc) is 2.61. The van der Waals surface area contributed by atoms with Crippen molar-refractivity contribution in [1.29, 1.82) is 0 Å². The van der Waals surface area contributed by atoms with Gasteiger partial charge in [0.2, 0.25) is 0 Å². The molecule has 1 heterocycles. The number of carbonyl (C=O) groups excluding carboxylic acids is 1. The smallest absolute Gasteiger partial charge is 0.306 e. The quantitative estimate of drug-likeness (QED) is 0.486. The van der Waals surface area contributed by atoms with Crippen molar-refractivity contribution in [2.24, 2.45) is 0 Å². The Labute approximate surface area is 160 Å². The molecule has 0 saturated carbocycles. The molecule has 27 heavy (non-hydrogen) atoms. The molecular weight excluding hydrogens is 342 g/mol. The van der Waals surface area contributed by atoms with Gasteiger partial charge in [-0.2, -0.15) is 0 Å². The van der Waals surface area contributed by atoms with E-state index >= 15 is 0 Å². The molecule has 0 N–H and O–H groups in total. The highest BCUT2D eigenvalue weighted by atomic mass is 16.6. The topological polar surface area (TPSA) is 57.5 Å². The van der Waals surface area contributed by atoms with Gasteiger partial charge in [0.1, 0.15) is 12.2 Å². The molecule has 2 rings (SSSR count). The standard InChI is InChI=1S/C22H29NO4/c1-22(2,3)27-20(24)14-8-5-9-15-23-16-10-13-19(21(23)25)26-17-18-11-6-4-7-12-18/h4,6-7,10-13,16H,5,8-9,14-15,17H2,1-3H3. The van der Waals surface area contributed by atoms with Crippen LogP contribution in [0.4, 0.5) is 0 Å². The van der Waals surface area contributed by atoms with Crippen LogP contribution in [0, 0.1) is 0 Å². The van der Waals surface area contributed by atoms with Gasteiger partial charge in [-0.1, -0.05) is 36.8 Å². The van der Waals surface area contributed by atoms with Crippen molar-refractivity contribution in [2.45, 2.75) is 65.2 Å². The highest BCUT2D eigenvalue weighted by molar-refractivity contribution is 5.69. The minimum absolute atomic E-state index is 0.124. The molecule has 0 aliphatic carbocycles. The van der Waals surface area contributed by atoms with Crippen molar-refractivity contribution < 1.29 is 14.3 Å². The summed E-state index contributed by atoms with van der Waals surface area (Å²) >= 11 is 0. The van der Waals surface area contributed by atoms with Crippen molar-refractivity contribution in [3.8, 4) is 5.75 Å². The molecule has 0 unspecified atom stereocenters. The predicted molar refractivity (Wildman–Crippen MR) is 106 cm³/mol. The fourth-order valence-corrected chi connectivity index (χ4v) is 2.66. The Morgan fingerprint density at radius 2 is 1.74 bits per heavy atom. The molecule has 0 radical (unpaired) electrons. The van der Waals surface area contributed by atoms with Gasteiger partial charge >= 0.3 is 5.97 Å². The van der Waals surface area contributed by atoms with Crippen LogP contribution in [0.15, 0.2) is 53.5 Å². The molecule has 0 spiro atoms. The summed E-state index contributed by atoms with van der Waals surface area (Å²) in [4.78, 5) is 24.2. The number of hydrogen-bond donors (Lipinski definition) is 0. The third kappa shape index (κ3) is 7.69. The summed E-state index contributed by atoms with van der Waals surface area (Å²) in [6.45, 7) is 6.57. The lowest BCUT2D eigenvalue weighted by atomic mass is 10.1. The Morgan fingerprint density at radius 3 is 2.44 bits per heavy atom. The summed E-state index contributed by atoms with van der Waals surface area (Å²) in [5.41, 5.74) is 0.458. The van der Waals surface area contributed by atoms with E-state index in [0.717, 1.165) is 24.8 Å². The first-order chi connectivity index (χ1) is 12.8. The fraction of sp³-hybridized carbons (Fsp3) is 0.455. The van der Waals surface area contributed by atoms with Gasteiger partial charge in [-0.3, -0.25) is 9.59 Å². The van der Waals surface area contributed by atoms with Crippen LogP contribution in [0.2, 0.25) is 0 Å². The summed E-state index contributed by atoms with van der Waals surface area (Å²) < 4.78 is 12.6. The molecular formula is C22H29NO4.